The third kappa shape index (κ3) is 4.54. The normalized spacial score (nSPS) is 19.8. The highest BCUT2D eigenvalue weighted by molar-refractivity contribution is 5.88. The molecule has 13 heteroatoms. The number of fused-ring (bicyclic) bond motifs is 1. The molecule has 1 aromatic carbocycles. The Labute approximate surface area is 218 Å². The summed E-state index contributed by atoms with van der Waals surface area (Å²) < 4.78 is 64.5. The molecule has 1 aliphatic carbocycles. The number of nitriles is 1. The van der Waals surface area contributed by atoms with E-state index in [2.05, 4.69) is 20.1 Å². The molecule has 0 spiro atoms. The van der Waals surface area contributed by atoms with Gasteiger partial charge in [-0.15, -0.1) is 0 Å². The molecule has 39 heavy (non-hydrogen) atoms. The highest BCUT2D eigenvalue weighted by Gasteiger charge is 2.38. The minimum absolute atomic E-state index is 0.0219. The number of hydrogen-bond donors (Lipinski definition) is 0. The molecule has 1 saturated carbocycles. The summed E-state index contributed by atoms with van der Waals surface area (Å²) >= 11 is 0. The Hall–Kier alpha value is -4.18. The van der Waals surface area contributed by atoms with E-state index >= 15 is 4.39 Å². The number of hydrogen-bond acceptors (Lipinski definition) is 7. The van der Waals surface area contributed by atoms with Crippen LogP contribution in [0.2, 0.25) is 0 Å². The Bertz CT molecular complexity index is 1700. The van der Waals surface area contributed by atoms with Gasteiger partial charge in [0.15, 0.2) is 5.52 Å². The molecule has 0 radical (unpaired) electrons. The van der Waals surface area contributed by atoms with E-state index in [1.807, 2.05) is 16.9 Å². The number of alkyl halides is 3. The molecule has 2 aliphatic rings. The minimum Gasteiger partial charge on any atom is -0.373 e. The molecule has 3 aromatic heterocycles. The SMILES string of the molecule is Cn1c(C(F)(F)F)nc2c(-c3ccc(C#N)cc3F)nc(C3CCOC(c4cnn(C5CC5)c4)C3)nc2c1=O. The molecule has 9 nitrogen and oxygen atoms in total. The van der Waals surface area contributed by atoms with Gasteiger partial charge < -0.3 is 4.74 Å². The first kappa shape index (κ1) is 25.1. The fraction of sp³-hybridized carbons (Fsp3) is 0.385. The Morgan fingerprint density at radius 1 is 1.13 bits per heavy atom. The first-order valence-electron chi connectivity index (χ1n) is 12.4. The minimum atomic E-state index is -4.94. The predicted molar refractivity (Wildman–Crippen MR) is 129 cm³/mol. The molecule has 0 N–H and O–H groups in total. The zero-order chi connectivity index (χ0) is 27.5. The van der Waals surface area contributed by atoms with Crippen LogP contribution in [-0.2, 0) is 18.0 Å². The third-order valence-corrected chi connectivity index (χ3v) is 7.11. The quantitative estimate of drug-likeness (QED) is 0.349. The van der Waals surface area contributed by atoms with Crippen LogP contribution in [0.1, 0.15) is 66.5 Å². The van der Waals surface area contributed by atoms with E-state index in [9.17, 15) is 18.0 Å². The summed E-state index contributed by atoms with van der Waals surface area (Å²) in [5.74, 6) is -2.48. The summed E-state index contributed by atoms with van der Waals surface area (Å²) in [6.45, 7) is 0.356. The maximum atomic E-state index is 15.1. The van der Waals surface area contributed by atoms with Crippen molar-refractivity contribution < 1.29 is 22.3 Å². The van der Waals surface area contributed by atoms with Crippen molar-refractivity contribution in [2.45, 2.75) is 49.9 Å². The molecule has 0 bridgehead atoms. The first-order valence-corrected chi connectivity index (χ1v) is 12.4. The van der Waals surface area contributed by atoms with Crippen LogP contribution in [0.25, 0.3) is 22.3 Å². The maximum absolute atomic E-state index is 15.1. The molecular formula is C26H21F4N7O2. The van der Waals surface area contributed by atoms with Gasteiger partial charge in [0.1, 0.15) is 22.9 Å². The summed E-state index contributed by atoms with van der Waals surface area (Å²) in [6, 6.07) is 5.73. The Morgan fingerprint density at radius 2 is 1.92 bits per heavy atom. The Balaban J connectivity index is 1.49. The summed E-state index contributed by atoms with van der Waals surface area (Å²) in [5, 5.41) is 13.5. The lowest BCUT2D eigenvalue weighted by atomic mass is 9.92. The van der Waals surface area contributed by atoms with Crippen LogP contribution in [0.4, 0.5) is 17.6 Å². The van der Waals surface area contributed by atoms with E-state index in [-0.39, 0.29) is 40.2 Å². The van der Waals surface area contributed by atoms with Crippen molar-refractivity contribution in [1.29, 1.82) is 5.26 Å². The first-order chi connectivity index (χ1) is 18.6. The van der Waals surface area contributed by atoms with Gasteiger partial charge in [-0.2, -0.15) is 23.5 Å². The molecule has 6 rings (SSSR count). The molecule has 2 unspecified atom stereocenters. The summed E-state index contributed by atoms with van der Waals surface area (Å²) in [5.41, 5.74) is -1.37. The van der Waals surface area contributed by atoms with Gasteiger partial charge in [-0.3, -0.25) is 14.0 Å². The van der Waals surface area contributed by atoms with Crippen molar-refractivity contribution in [3.63, 3.8) is 0 Å². The van der Waals surface area contributed by atoms with E-state index < -0.39 is 28.9 Å². The number of rotatable bonds is 4. The van der Waals surface area contributed by atoms with Gasteiger partial charge >= 0.3 is 6.18 Å². The van der Waals surface area contributed by atoms with Gasteiger partial charge in [0, 0.05) is 36.9 Å². The van der Waals surface area contributed by atoms with E-state index in [1.54, 1.807) is 6.20 Å². The Kier molecular flexibility index (Phi) is 5.95. The highest BCUT2D eigenvalue weighted by atomic mass is 19.4. The van der Waals surface area contributed by atoms with Crippen molar-refractivity contribution in [3.05, 3.63) is 69.5 Å². The molecule has 4 heterocycles. The molecule has 4 aromatic rings. The van der Waals surface area contributed by atoms with Crippen LogP contribution in [0, 0.1) is 17.1 Å². The molecule has 1 aliphatic heterocycles. The van der Waals surface area contributed by atoms with Crippen LogP contribution >= 0.6 is 0 Å². The van der Waals surface area contributed by atoms with Crippen molar-refractivity contribution in [2.24, 2.45) is 7.05 Å². The van der Waals surface area contributed by atoms with Crippen LogP contribution in [0.3, 0.4) is 0 Å². The monoisotopic (exact) mass is 539 g/mol. The lowest BCUT2D eigenvalue weighted by molar-refractivity contribution is -0.147. The summed E-state index contributed by atoms with van der Waals surface area (Å²) in [6.07, 6.45) is 1.51. The molecule has 200 valence electrons. The summed E-state index contributed by atoms with van der Waals surface area (Å²) in [4.78, 5) is 25.7. The number of halogens is 4. The Morgan fingerprint density at radius 3 is 2.62 bits per heavy atom. The largest absolute Gasteiger partial charge is 0.449 e. The van der Waals surface area contributed by atoms with Crippen molar-refractivity contribution in [1.82, 2.24) is 29.3 Å². The number of benzene rings is 1. The van der Waals surface area contributed by atoms with Crippen molar-refractivity contribution in [2.75, 3.05) is 6.61 Å². The molecule has 2 atom stereocenters. The number of nitrogens with zero attached hydrogens (tertiary/aromatic N) is 7. The second kappa shape index (κ2) is 9.23. The van der Waals surface area contributed by atoms with Gasteiger partial charge in [0.05, 0.1) is 30.0 Å². The van der Waals surface area contributed by atoms with Crippen LogP contribution in [0.15, 0.2) is 35.4 Å². The fourth-order valence-electron chi connectivity index (χ4n) is 4.89. The second-order valence-electron chi connectivity index (χ2n) is 9.80. The lowest BCUT2D eigenvalue weighted by Gasteiger charge is -2.28. The van der Waals surface area contributed by atoms with Crippen molar-refractivity contribution >= 4 is 11.0 Å². The smallest absolute Gasteiger partial charge is 0.373 e. The van der Waals surface area contributed by atoms with Gasteiger partial charge in [0.25, 0.3) is 5.56 Å². The van der Waals surface area contributed by atoms with E-state index in [1.165, 1.54) is 12.1 Å². The van der Waals surface area contributed by atoms with Crippen LogP contribution in [0.5, 0.6) is 0 Å². The highest BCUT2D eigenvalue weighted by Crippen LogP contribution is 2.40. The zero-order valence-electron chi connectivity index (χ0n) is 20.6. The second-order valence-corrected chi connectivity index (χ2v) is 9.80. The number of aromatic nitrogens is 6. The maximum Gasteiger partial charge on any atom is 0.449 e. The third-order valence-electron chi connectivity index (χ3n) is 7.11. The standard InChI is InChI=1S/C26H21F4N7O2/c1-36-24(38)22-21(35-25(36)26(28,29)30)20(17-5-2-13(10-31)8-18(17)27)33-23(34-22)14-6-7-39-19(9-14)15-11-32-37(12-15)16-3-4-16/h2,5,8,11-12,14,16,19H,3-4,6-7,9H2,1H3. The van der Waals surface area contributed by atoms with Gasteiger partial charge in [-0.05, 0) is 43.9 Å². The van der Waals surface area contributed by atoms with Crippen LogP contribution in [-0.4, -0.2) is 35.9 Å². The molecular weight excluding hydrogens is 518 g/mol. The van der Waals surface area contributed by atoms with Crippen LogP contribution < -0.4 is 5.56 Å². The van der Waals surface area contributed by atoms with Gasteiger partial charge in [-0.25, -0.2) is 19.3 Å². The number of ether oxygens (including phenoxy) is 1. The molecule has 0 amide bonds. The van der Waals surface area contributed by atoms with Gasteiger partial charge in [0.2, 0.25) is 5.82 Å². The topological polar surface area (TPSA) is 112 Å². The average Bonchev–Trinajstić information content (AvgIpc) is 3.65. The van der Waals surface area contributed by atoms with Crippen molar-refractivity contribution in [3.8, 4) is 17.3 Å². The van der Waals surface area contributed by atoms with E-state index in [0.29, 0.717) is 30.1 Å². The molecule has 1 saturated heterocycles. The predicted octanol–water partition coefficient (Wildman–Crippen LogP) is 4.59. The lowest BCUT2D eigenvalue weighted by Crippen LogP contribution is -2.29. The van der Waals surface area contributed by atoms with E-state index in [4.69, 9.17) is 10.00 Å². The van der Waals surface area contributed by atoms with Gasteiger partial charge in [-0.1, -0.05) is 0 Å². The summed E-state index contributed by atoms with van der Waals surface area (Å²) in [7, 11) is 0.962. The van der Waals surface area contributed by atoms with E-state index in [0.717, 1.165) is 31.5 Å². The molecule has 2 fully saturated rings. The zero-order valence-corrected chi connectivity index (χ0v) is 20.6. The average molecular weight is 539 g/mol. The fourth-order valence-corrected chi connectivity index (χ4v) is 4.89.